The number of benzene rings is 2. The van der Waals surface area contributed by atoms with Crippen molar-refractivity contribution >= 4 is 17.4 Å². The van der Waals surface area contributed by atoms with Gasteiger partial charge in [-0.05, 0) is 36.8 Å². The summed E-state index contributed by atoms with van der Waals surface area (Å²) < 4.78 is 23.6. The number of aryl methyl sites for hydroxylation is 1. The van der Waals surface area contributed by atoms with E-state index in [0.29, 0.717) is 28.8 Å². The van der Waals surface area contributed by atoms with Gasteiger partial charge in [0.15, 0.2) is 0 Å². The Labute approximate surface area is 167 Å². The number of methoxy groups -OCH3 is 2. The number of carbonyl (C=O) groups excluding carboxylic acids is 1. The van der Waals surface area contributed by atoms with Gasteiger partial charge in [0, 0.05) is 18.7 Å². The van der Waals surface area contributed by atoms with Crippen LogP contribution in [0.15, 0.2) is 48.5 Å². The van der Waals surface area contributed by atoms with Crippen molar-refractivity contribution in [2.45, 2.75) is 13.5 Å². The number of ether oxygens (including phenoxy) is 2. The van der Waals surface area contributed by atoms with Crippen LogP contribution in [0, 0.1) is 12.7 Å². The van der Waals surface area contributed by atoms with E-state index in [9.17, 15) is 9.18 Å². The van der Waals surface area contributed by atoms with Crippen LogP contribution in [0.25, 0.3) is 0 Å². The molecule has 3 rings (SSSR count). The van der Waals surface area contributed by atoms with E-state index >= 15 is 0 Å². The van der Waals surface area contributed by atoms with Gasteiger partial charge < -0.3 is 20.1 Å². The summed E-state index contributed by atoms with van der Waals surface area (Å²) in [4.78, 5) is 21.0. The van der Waals surface area contributed by atoms with Gasteiger partial charge in [0.25, 0.3) is 5.91 Å². The van der Waals surface area contributed by atoms with Crippen molar-refractivity contribution in [2.75, 3.05) is 19.5 Å². The van der Waals surface area contributed by atoms with E-state index in [-0.39, 0.29) is 24.0 Å². The van der Waals surface area contributed by atoms with Gasteiger partial charge >= 0.3 is 0 Å². The lowest BCUT2D eigenvalue weighted by Gasteiger charge is -2.13. The van der Waals surface area contributed by atoms with Crippen molar-refractivity contribution in [2.24, 2.45) is 0 Å². The summed E-state index contributed by atoms with van der Waals surface area (Å²) in [6.45, 7) is 1.96. The van der Waals surface area contributed by atoms with Gasteiger partial charge in [-0.3, -0.25) is 4.79 Å². The fraction of sp³-hybridized carbons (Fsp3) is 0.190. The minimum absolute atomic E-state index is 0.212. The zero-order chi connectivity index (χ0) is 20.8. The largest absolute Gasteiger partial charge is 0.497 e. The Kier molecular flexibility index (Phi) is 6.23. The molecule has 2 aromatic carbocycles. The lowest BCUT2D eigenvalue weighted by molar-refractivity contribution is 0.0945. The monoisotopic (exact) mass is 396 g/mol. The fourth-order valence-electron chi connectivity index (χ4n) is 2.67. The molecule has 29 heavy (non-hydrogen) atoms. The third kappa shape index (κ3) is 5.19. The maximum Gasteiger partial charge on any atom is 0.270 e. The molecule has 150 valence electrons. The molecule has 0 spiro atoms. The van der Waals surface area contributed by atoms with Crippen LogP contribution in [0.1, 0.15) is 21.9 Å². The molecule has 8 heteroatoms. The third-order valence-corrected chi connectivity index (χ3v) is 4.11. The maximum absolute atomic E-state index is 13.0. The number of amides is 1. The Morgan fingerprint density at radius 3 is 2.48 bits per heavy atom. The SMILES string of the molecule is COc1ccc(OC)c(Nc2cc(C(=O)NCc3ccc(F)cc3)nc(C)n2)c1. The lowest BCUT2D eigenvalue weighted by Crippen LogP contribution is -2.24. The standard InChI is InChI=1S/C21H21FN4O3/c1-13-24-18(21(27)23-12-14-4-6-15(22)7-5-14)11-20(25-13)26-17-10-16(28-2)8-9-19(17)29-3/h4-11H,12H2,1-3H3,(H,23,27)(H,24,25,26). The molecule has 1 heterocycles. The van der Waals surface area contributed by atoms with Gasteiger partial charge in [0.05, 0.1) is 19.9 Å². The van der Waals surface area contributed by atoms with Crippen LogP contribution < -0.4 is 20.1 Å². The molecule has 0 aliphatic rings. The number of halogens is 1. The molecular weight excluding hydrogens is 375 g/mol. The molecule has 0 unspecified atom stereocenters. The van der Waals surface area contributed by atoms with E-state index in [1.807, 2.05) is 0 Å². The van der Waals surface area contributed by atoms with Crippen molar-refractivity contribution in [1.82, 2.24) is 15.3 Å². The molecule has 0 aliphatic carbocycles. The van der Waals surface area contributed by atoms with E-state index in [4.69, 9.17) is 9.47 Å². The molecule has 0 saturated heterocycles. The number of hydrogen-bond donors (Lipinski definition) is 2. The van der Waals surface area contributed by atoms with Gasteiger partial charge in [-0.2, -0.15) is 0 Å². The van der Waals surface area contributed by atoms with Crippen molar-refractivity contribution in [3.8, 4) is 11.5 Å². The predicted molar refractivity (Wildman–Crippen MR) is 107 cm³/mol. The highest BCUT2D eigenvalue weighted by atomic mass is 19.1. The van der Waals surface area contributed by atoms with Gasteiger partial charge in [0.2, 0.25) is 0 Å². The van der Waals surface area contributed by atoms with E-state index in [1.165, 1.54) is 12.1 Å². The molecule has 0 atom stereocenters. The van der Waals surface area contributed by atoms with E-state index in [1.54, 1.807) is 57.5 Å². The van der Waals surface area contributed by atoms with E-state index < -0.39 is 0 Å². The normalized spacial score (nSPS) is 10.3. The first-order valence-corrected chi connectivity index (χ1v) is 8.86. The predicted octanol–water partition coefficient (Wildman–Crippen LogP) is 3.61. The Balaban J connectivity index is 1.77. The van der Waals surface area contributed by atoms with Crippen molar-refractivity contribution in [3.63, 3.8) is 0 Å². The summed E-state index contributed by atoms with van der Waals surface area (Å²) in [5.41, 5.74) is 1.64. The number of nitrogens with zero attached hydrogens (tertiary/aromatic N) is 2. The topological polar surface area (TPSA) is 85.4 Å². The summed E-state index contributed by atoms with van der Waals surface area (Å²) >= 11 is 0. The molecule has 0 fully saturated rings. The number of hydrogen-bond acceptors (Lipinski definition) is 6. The summed E-state index contributed by atoms with van der Waals surface area (Å²) in [6, 6.07) is 12.8. The number of carbonyl (C=O) groups is 1. The highest BCUT2D eigenvalue weighted by molar-refractivity contribution is 5.93. The van der Waals surface area contributed by atoms with Crippen LogP contribution in [-0.4, -0.2) is 30.1 Å². The number of aromatic nitrogens is 2. The minimum Gasteiger partial charge on any atom is -0.497 e. The molecule has 1 aromatic heterocycles. The van der Waals surface area contributed by atoms with Gasteiger partial charge in [-0.15, -0.1) is 0 Å². The highest BCUT2D eigenvalue weighted by Crippen LogP contribution is 2.31. The summed E-state index contributed by atoms with van der Waals surface area (Å²) in [5.74, 6) is 1.44. The smallest absolute Gasteiger partial charge is 0.270 e. The second kappa shape index (κ2) is 9.01. The van der Waals surface area contributed by atoms with Crippen LogP contribution in [0.3, 0.4) is 0 Å². The van der Waals surface area contributed by atoms with E-state index in [0.717, 1.165) is 5.56 Å². The summed E-state index contributed by atoms with van der Waals surface area (Å²) in [7, 11) is 3.14. The van der Waals surface area contributed by atoms with Crippen LogP contribution in [0.2, 0.25) is 0 Å². The molecule has 3 aromatic rings. The molecule has 0 saturated carbocycles. The fourth-order valence-corrected chi connectivity index (χ4v) is 2.67. The van der Waals surface area contributed by atoms with Crippen LogP contribution in [0.5, 0.6) is 11.5 Å². The second-order valence-electron chi connectivity index (χ2n) is 6.19. The molecule has 0 aliphatic heterocycles. The Bertz CT molecular complexity index is 1010. The maximum atomic E-state index is 13.0. The zero-order valence-corrected chi connectivity index (χ0v) is 16.3. The minimum atomic E-state index is -0.361. The van der Waals surface area contributed by atoms with Gasteiger partial charge in [-0.25, -0.2) is 14.4 Å². The summed E-state index contributed by atoms with van der Waals surface area (Å²) in [5, 5.41) is 5.91. The first-order chi connectivity index (χ1) is 14.0. The molecule has 2 N–H and O–H groups in total. The number of anilines is 2. The van der Waals surface area contributed by atoms with E-state index in [2.05, 4.69) is 20.6 Å². The van der Waals surface area contributed by atoms with Crippen molar-refractivity contribution < 1.29 is 18.7 Å². The second-order valence-corrected chi connectivity index (χ2v) is 6.19. The summed E-state index contributed by atoms with van der Waals surface area (Å²) in [6.07, 6.45) is 0. The first-order valence-electron chi connectivity index (χ1n) is 8.86. The quantitative estimate of drug-likeness (QED) is 0.635. The molecule has 1 amide bonds. The first kappa shape index (κ1) is 20.1. The Morgan fingerprint density at radius 1 is 1.03 bits per heavy atom. The molecule has 0 bridgehead atoms. The van der Waals surface area contributed by atoms with Gasteiger partial charge in [-0.1, -0.05) is 12.1 Å². The van der Waals surface area contributed by atoms with Crippen LogP contribution in [0.4, 0.5) is 15.9 Å². The number of nitrogens with one attached hydrogen (secondary N) is 2. The van der Waals surface area contributed by atoms with Crippen molar-refractivity contribution in [1.29, 1.82) is 0 Å². The molecular formula is C21H21FN4O3. The lowest BCUT2D eigenvalue weighted by atomic mass is 10.2. The van der Waals surface area contributed by atoms with Crippen LogP contribution in [-0.2, 0) is 6.54 Å². The molecule has 7 nitrogen and oxygen atoms in total. The average molecular weight is 396 g/mol. The zero-order valence-electron chi connectivity index (χ0n) is 16.3. The molecule has 0 radical (unpaired) electrons. The Hall–Kier alpha value is -3.68. The number of rotatable bonds is 7. The Morgan fingerprint density at radius 2 is 1.79 bits per heavy atom. The van der Waals surface area contributed by atoms with Crippen molar-refractivity contribution in [3.05, 3.63) is 71.4 Å². The highest BCUT2D eigenvalue weighted by Gasteiger charge is 2.12. The van der Waals surface area contributed by atoms with Gasteiger partial charge in [0.1, 0.15) is 34.7 Å². The van der Waals surface area contributed by atoms with Crippen LogP contribution >= 0.6 is 0 Å². The average Bonchev–Trinajstić information content (AvgIpc) is 2.72. The third-order valence-electron chi connectivity index (χ3n) is 4.11.